The SMILES string of the molecule is CC1SCc2ncnc(N3CCN(C(=O)O)CC3C(C)(C)C)c21. The number of hydrogen-bond acceptors (Lipinski definition) is 5. The van der Waals surface area contributed by atoms with Crippen LogP contribution in [-0.2, 0) is 5.75 Å². The number of fused-ring (bicyclic) bond motifs is 1. The topological polar surface area (TPSA) is 69.6 Å². The summed E-state index contributed by atoms with van der Waals surface area (Å²) in [6.07, 6.45) is 0.812. The lowest BCUT2D eigenvalue weighted by Gasteiger charge is -2.47. The van der Waals surface area contributed by atoms with E-state index in [4.69, 9.17) is 0 Å². The maximum Gasteiger partial charge on any atom is 0.407 e. The number of piperazine rings is 1. The van der Waals surface area contributed by atoms with Crippen molar-refractivity contribution in [2.24, 2.45) is 5.41 Å². The summed E-state index contributed by atoms with van der Waals surface area (Å²) in [4.78, 5) is 24.2. The van der Waals surface area contributed by atoms with Crippen LogP contribution in [-0.4, -0.2) is 51.7 Å². The molecule has 0 spiro atoms. The Morgan fingerprint density at radius 3 is 2.74 bits per heavy atom. The standard InChI is InChI=1S/C16H24N4O2S/c1-10-13-11(8-23-10)17-9-18-14(13)20-6-5-19(15(21)22)7-12(20)16(2,3)4/h9-10,12H,5-8H2,1-4H3,(H,21,22). The number of rotatable bonds is 1. The smallest absolute Gasteiger partial charge is 0.407 e. The Morgan fingerprint density at radius 1 is 1.35 bits per heavy atom. The molecule has 1 aromatic rings. The van der Waals surface area contributed by atoms with E-state index < -0.39 is 6.09 Å². The summed E-state index contributed by atoms with van der Waals surface area (Å²) in [7, 11) is 0. The number of carbonyl (C=O) groups is 1. The highest BCUT2D eigenvalue weighted by Gasteiger charge is 2.39. The zero-order chi connectivity index (χ0) is 16.8. The van der Waals surface area contributed by atoms with E-state index in [0.717, 1.165) is 17.3 Å². The third kappa shape index (κ3) is 2.98. The minimum Gasteiger partial charge on any atom is -0.465 e. The fourth-order valence-corrected chi connectivity index (χ4v) is 4.47. The summed E-state index contributed by atoms with van der Waals surface area (Å²) >= 11 is 1.88. The van der Waals surface area contributed by atoms with Crippen LogP contribution in [0.5, 0.6) is 0 Å². The molecule has 2 atom stereocenters. The normalized spacial score (nSPS) is 24.7. The maximum absolute atomic E-state index is 11.4. The van der Waals surface area contributed by atoms with Gasteiger partial charge in [0.1, 0.15) is 12.1 Å². The van der Waals surface area contributed by atoms with Gasteiger partial charge in [-0.1, -0.05) is 20.8 Å². The molecule has 1 N–H and O–H groups in total. The Kier molecular flexibility index (Phi) is 4.16. The molecule has 7 heteroatoms. The number of anilines is 1. The molecule has 0 aromatic carbocycles. The summed E-state index contributed by atoms with van der Waals surface area (Å²) in [5, 5.41) is 9.74. The first kappa shape index (κ1) is 16.4. The molecule has 23 heavy (non-hydrogen) atoms. The van der Waals surface area contributed by atoms with Gasteiger partial charge >= 0.3 is 6.09 Å². The fourth-order valence-electron chi connectivity index (χ4n) is 3.42. The zero-order valence-electron chi connectivity index (χ0n) is 14.1. The third-order valence-corrected chi connectivity index (χ3v) is 5.92. The molecule has 0 radical (unpaired) electrons. The van der Waals surface area contributed by atoms with E-state index in [9.17, 15) is 9.90 Å². The van der Waals surface area contributed by atoms with E-state index in [2.05, 4.69) is 42.6 Å². The lowest BCUT2D eigenvalue weighted by Crippen LogP contribution is -2.59. The molecule has 1 aromatic heterocycles. The van der Waals surface area contributed by atoms with Crippen LogP contribution in [0.1, 0.15) is 44.2 Å². The predicted octanol–water partition coefficient (Wildman–Crippen LogP) is 3.00. The summed E-state index contributed by atoms with van der Waals surface area (Å²) in [5.41, 5.74) is 2.32. The minimum atomic E-state index is -0.837. The van der Waals surface area contributed by atoms with E-state index in [1.165, 1.54) is 10.5 Å². The first-order valence-corrected chi connectivity index (χ1v) is 9.04. The second-order valence-corrected chi connectivity index (χ2v) is 8.64. The van der Waals surface area contributed by atoms with Gasteiger partial charge in [0.2, 0.25) is 0 Å². The van der Waals surface area contributed by atoms with Gasteiger partial charge in [-0.2, -0.15) is 0 Å². The Bertz CT molecular complexity index is 617. The highest BCUT2D eigenvalue weighted by molar-refractivity contribution is 7.99. The molecule has 3 heterocycles. The summed E-state index contributed by atoms with van der Waals surface area (Å²) in [5.74, 6) is 1.93. The number of nitrogens with zero attached hydrogens (tertiary/aromatic N) is 4. The van der Waals surface area contributed by atoms with Crippen molar-refractivity contribution in [1.29, 1.82) is 0 Å². The number of hydrogen-bond donors (Lipinski definition) is 1. The summed E-state index contributed by atoms with van der Waals surface area (Å²) in [6, 6.07) is 0.101. The van der Waals surface area contributed by atoms with Crippen LogP contribution >= 0.6 is 11.8 Å². The first-order chi connectivity index (χ1) is 10.8. The molecule has 6 nitrogen and oxygen atoms in total. The Hall–Kier alpha value is -1.50. The minimum absolute atomic E-state index is 0.0407. The van der Waals surface area contributed by atoms with Crippen LogP contribution in [0.4, 0.5) is 10.6 Å². The quantitative estimate of drug-likeness (QED) is 0.850. The Morgan fingerprint density at radius 2 is 2.09 bits per heavy atom. The number of amides is 1. The van der Waals surface area contributed by atoms with E-state index in [1.54, 1.807) is 6.33 Å². The Balaban J connectivity index is 1.99. The van der Waals surface area contributed by atoms with Gasteiger partial charge in [-0.15, -0.1) is 11.8 Å². The lowest BCUT2D eigenvalue weighted by atomic mass is 9.84. The maximum atomic E-state index is 11.4. The van der Waals surface area contributed by atoms with Gasteiger partial charge in [0.25, 0.3) is 0 Å². The highest BCUT2D eigenvalue weighted by atomic mass is 32.2. The lowest BCUT2D eigenvalue weighted by molar-refractivity contribution is 0.118. The molecule has 2 aliphatic rings. The molecular weight excluding hydrogens is 312 g/mol. The van der Waals surface area contributed by atoms with Crippen LogP contribution in [0.15, 0.2) is 6.33 Å². The second-order valence-electron chi connectivity index (χ2n) is 7.31. The molecule has 0 bridgehead atoms. The van der Waals surface area contributed by atoms with Gasteiger partial charge in [0, 0.05) is 36.2 Å². The molecule has 0 saturated carbocycles. The van der Waals surface area contributed by atoms with Crippen molar-refractivity contribution in [3.63, 3.8) is 0 Å². The van der Waals surface area contributed by atoms with E-state index in [0.29, 0.717) is 24.9 Å². The van der Waals surface area contributed by atoms with Crippen LogP contribution in [0, 0.1) is 5.41 Å². The van der Waals surface area contributed by atoms with Crippen LogP contribution in [0.2, 0.25) is 0 Å². The van der Waals surface area contributed by atoms with Crippen LogP contribution in [0.3, 0.4) is 0 Å². The molecular formula is C16H24N4O2S. The number of carboxylic acid groups (broad SMARTS) is 1. The van der Waals surface area contributed by atoms with Crippen LogP contribution < -0.4 is 4.90 Å². The van der Waals surface area contributed by atoms with Gasteiger partial charge < -0.3 is 14.9 Å². The van der Waals surface area contributed by atoms with Crippen molar-refractivity contribution in [3.8, 4) is 0 Å². The molecule has 3 rings (SSSR count). The van der Waals surface area contributed by atoms with E-state index in [-0.39, 0.29) is 11.5 Å². The summed E-state index contributed by atoms with van der Waals surface area (Å²) in [6.45, 7) is 10.4. The van der Waals surface area contributed by atoms with Crippen molar-refractivity contribution in [2.75, 3.05) is 24.5 Å². The van der Waals surface area contributed by atoms with Gasteiger partial charge in [0.05, 0.1) is 11.7 Å². The van der Waals surface area contributed by atoms with Gasteiger partial charge in [-0.3, -0.25) is 0 Å². The predicted molar refractivity (Wildman–Crippen MR) is 91.9 cm³/mol. The van der Waals surface area contributed by atoms with Crippen LogP contribution in [0.25, 0.3) is 0 Å². The number of aromatic nitrogens is 2. The molecule has 1 saturated heterocycles. The van der Waals surface area contributed by atoms with Crippen molar-refractivity contribution in [3.05, 3.63) is 17.6 Å². The average Bonchev–Trinajstić information content (AvgIpc) is 2.87. The van der Waals surface area contributed by atoms with E-state index >= 15 is 0 Å². The highest BCUT2D eigenvalue weighted by Crippen LogP contribution is 2.45. The molecule has 2 unspecified atom stereocenters. The Labute approximate surface area is 141 Å². The third-order valence-electron chi connectivity index (χ3n) is 4.74. The number of thioether (sulfide) groups is 1. The zero-order valence-corrected chi connectivity index (χ0v) is 14.9. The molecule has 2 aliphatic heterocycles. The molecule has 126 valence electrons. The van der Waals surface area contributed by atoms with Crippen molar-refractivity contribution < 1.29 is 9.90 Å². The van der Waals surface area contributed by atoms with Gasteiger partial charge in [0.15, 0.2) is 0 Å². The average molecular weight is 336 g/mol. The van der Waals surface area contributed by atoms with Crippen molar-refractivity contribution in [2.45, 2.75) is 44.7 Å². The molecule has 1 amide bonds. The summed E-state index contributed by atoms with van der Waals surface area (Å²) < 4.78 is 0. The van der Waals surface area contributed by atoms with Crippen molar-refractivity contribution in [1.82, 2.24) is 14.9 Å². The molecule has 0 aliphatic carbocycles. The van der Waals surface area contributed by atoms with Gasteiger partial charge in [-0.05, 0) is 12.3 Å². The van der Waals surface area contributed by atoms with Gasteiger partial charge in [-0.25, -0.2) is 14.8 Å². The van der Waals surface area contributed by atoms with E-state index in [1.807, 2.05) is 11.8 Å². The largest absolute Gasteiger partial charge is 0.465 e. The monoisotopic (exact) mass is 336 g/mol. The second kappa shape index (κ2) is 5.85. The molecule has 1 fully saturated rings. The van der Waals surface area contributed by atoms with Crippen molar-refractivity contribution >= 4 is 23.7 Å². The fraction of sp³-hybridized carbons (Fsp3) is 0.688. The first-order valence-electron chi connectivity index (χ1n) is 7.99.